The second-order valence-electron chi connectivity index (χ2n) is 5.36. The van der Waals surface area contributed by atoms with Gasteiger partial charge in [-0.2, -0.15) is 5.10 Å². The predicted octanol–water partition coefficient (Wildman–Crippen LogP) is 2.44. The molecule has 0 saturated carbocycles. The van der Waals surface area contributed by atoms with E-state index in [0.29, 0.717) is 11.9 Å². The van der Waals surface area contributed by atoms with E-state index in [4.69, 9.17) is 5.73 Å². The second kappa shape index (κ2) is 5.63. The van der Waals surface area contributed by atoms with Crippen molar-refractivity contribution in [2.45, 2.75) is 25.4 Å². The first-order chi connectivity index (χ1) is 9.70. The number of aromatic nitrogens is 2. The molecular formula is C15H19FN4. The quantitative estimate of drug-likeness (QED) is 0.935. The molecule has 106 valence electrons. The highest BCUT2D eigenvalue weighted by Gasteiger charge is 2.21. The molecule has 0 radical (unpaired) electrons. The third-order valence-corrected chi connectivity index (χ3v) is 3.86. The number of rotatable bonds is 3. The van der Waals surface area contributed by atoms with Crippen LogP contribution in [0.15, 0.2) is 36.5 Å². The minimum atomic E-state index is -0.163. The van der Waals surface area contributed by atoms with Crippen molar-refractivity contribution in [1.29, 1.82) is 0 Å². The molecule has 0 amide bonds. The van der Waals surface area contributed by atoms with Crippen LogP contribution in [0.4, 0.5) is 10.2 Å². The molecule has 20 heavy (non-hydrogen) atoms. The molecule has 2 N–H and O–H groups in total. The van der Waals surface area contributed by atoms with Crippen LogP contribution in [0.2, 0.25) is 0 Å². The fourth-order valence-electron chi connectivity index (χ4n) is 2.79. The molecule has 0 aliphatic carbocycles. The first-order valence-electron chi connectivity index (χ1n) is 6.98. The van der Waals surface area contributed by atoms with Crippen LogP contribution >= 0.6 is 0 Å². The number of nitrogen functional groups attached to an aromatic ring is 1. The SMILES string of the molecule is Nc1ccn(C2CCN(Cc3cccc(F)c3)CC2)n1. The van der Waals surface area contributed by atoms with Gasteiger partial charge in [-0.15, -0.1) is 0 Å². The van der Waals surface area contributed by atoms with Crippen LogP contribution in [-0.4, -0.2) is 27.8 Å². The highest BCUT2D eigenvalue weighted by atomic mass is 19.1. The number of benzene rings is 1. The average Bonchev–Trinajstić information content (AvgIpc) is 2.86. The first-order valence-corrected chi connectivity index (χ1v) is 6.98. The van der Waals surface area contributed by atoms with E-state index < -0.39 is 0 Å². The topological polar surface area (TPSA) is 47.1 Å². The van der Waals surface area contributed by atoms with Crippen LogP contribution in [0, 0.1) is 5.82 Å². The Kier molecular flexibility index (Phi) is 3.69. The predicted molar refractivity (Wildman–Crippen MR) is 76.6 cm³/mol. The number of hydrogen-bond donors (Lipinski definition) is 1. The summed E-state index contributed by atoms with van der Waals surface area (Å²) < 4.78 is 15.1. The van der Waals surface area contributed by atoms with Gasteiger partial charge in [0.2, 0.25) is 0 Å². The Balaban J connectivity index is 1.56. The molecule has 0 spiro atoms. The molecule has 2 aromatic rings. The van der Waals surface area contributed by atoms with Gasteiger partial charge in [-0.05, 0) is 36.6 Å². The summed E-state index contributed by atoms with van der Waals surface area (Å²) in [6, 6.07) is 9.10. The van der Waals surface area contributed by atoms with Gasteiger partial charge >= 0.3 is 0 Å². The van der Waals surface area contributed by atoms with E-state index in [-0.39, 0.29) is 5.82 Å². The number of piperidine rings is 1. The number of nitrogens with zero attached hydrogens (tertiary/aromatic N) is 3. The third kappa shape index (κ3) is 2.99. The van der Waals surface area contributed by atoms with E-state index in [1.807, 2.05) is 23.0 Å². The smallest absolute Gasteiger partial charge is 0.145 e. The molecule has 0 unspecified atom stereocenters. The number of anilines is 1. The summed E-state index contributed by atoms with van der Waals surface area (Å²) in [6.07, 6.45) is 4.05. The summed E-state index contributed by atoms with van der Waals surface area (Å²) in [5, 5.41) is 4.28. The van der Waals surface area contributed by atoms with Crippen molar-refractivity contribution in [3.05, 3.63) is 47.9 Å². The number of nitrogens with two attached hydrogens (primary N) is 1. The number of hydrogen-bond acceptors (Lipinski definition) is 3. The normalized spacial score (nSPS) is 17.4. The molecule has 2 heterocycles. The van der Waals surface area contributed by atoms with Crippen molar-refractivity contribution in [1.82, 2.24) is 14.7 Å². The Morgan fingerprint density at radius 2 is 2.05 bits per heavy atom. The Morgan fingerprint density at radius 3 is 2.70 bits per heavy atom. The molecule has 1 aliphatic heterocycles. The molecule has 5 heteroatoms. The average molecular weight is 274 g/mol. The highest BCUT2D eigenvalue weighted by Crippen LogP contribution is 2.23. The van der Waals surface area contributed by atoms with Gasteiger partial charge < -0.3 is 5.73 Å². The number of likely N-dealkylation sites (tertiary alicyclic amines) is 1. The fraction of sp³-hybridized carbons (Fsp3) is 0.400. The van der Waals surface area contributed by atoms with Crippen LogP contribution < -0.4 is 5.73 Å². The molecule has 0 bridgehead atoms. The lowest BCUT2D eigenvalue weighted by atomic mass is 10.0. The molecule has 4 nitrogen and oxygen atoms in total. The van der Waals surface area contributed by atoms with Gasteiger partial charge in [0.25, 0.3) is 0 Å². The zero-order chi connectivity index (χ0) is 13.9. The zero-order valence-electron chi connectivity index (χ0n) is 11.4. The van der Waals surface area contributed by atoms with Crippen molar-refractivity contribution in [3.63, 3.8) is 0 Å². The van der Waals surface area contributed by atoms with Gasteiger partial charge in [0, 0.05) is 25.8 Å². The van der Waals surface area contributed by atoms with Gasteiger partial charge in [0.15, 0.2) is 0 Å². The van der Waals surface area contributed by atoms with E-state index in [2.05, 4.69) is 10.00 Å². The van der Waals surface area contributed by atoms with Crippen molar-refractivity contribution in [3.8, 4) is 0 Å². The lowest BCUT2D eigenvalue weighted by Gasteiger charge is -2.32. The summed E-state index contributed by atoms with van der Waals surface area (Å²) in [5.41, 5.74) is 6.69. The van der Waals surface area contributed by atoms with E-state index >= 15 is 0 Å². The van der Waals surface area contributed by atoms with Crippen LogP contribution in [0.25, 0.3) is 0 Å². The van der Waals surface area contributed by atoms with Gasteiger partial charge in [0.1, 0.15) is 11.6 Å². The van der Waals surface area contributed by atoms with Crippen LogP contribution in [0.5, 0.6) is 0 Å². The Morgan fingerprint density at radius 1 is 1.25 bits per heavy atom. The Bertz CT molecular complexity index is 573. The lowest BCUT2D eigenvalue weighted by molar-refractivity contribution is 0.173. The monoisotopic (exact) mass is 274 g/mol. The van der Waals surface area contributed by atoms with E-state index in [9.17, 15) is 4.39 Å². The van der Waals surface area contributed by atoms with Crippen molar-refractivity contribution < 1.29 is 4.39 Å². The maximum absolute atomic E-state index is 13.2. The Labute approximate surface area is 118 Å². The van der Waals surface area contributed by atoms with E-state index in [1.165, 1.54) is 6.07 Å². The molecular weight excluding hydrogens is 255 g/mol. The zero-order valence-corrected chi connectivity index (χ0v) is 11.4. The largest absolute Gasteiger partial charge is 0.382 e. The second-order valence-corrected chi connectivity index (χ2v) is 5.36. The van der Waals surface area contributed by atoms with Gasteiger partial charge in [-0.1, -0.05) is 12.1 Å². The molecule has 1 aromatic carbocycles. The van der Waals surface area contributed by atoms with Crippen molar-refractivity contribution >= 4 is 5.82 Å². The highest BCUT2D eigenvalue weighted by molar-refractivity contribution is 5.24. The maximum atomic E-state index is 13.2. The third-order valence-electron chi connectivity index (χ3n) is 3.86. The molecule has 1 saturated heterocycles. The summed E-state index contributed by atoms with van der Waals surface area (Å²) >= 11 is 0. The van der Waals surface area contributed by atoms with E-state index in [1.54, 1.807) is 12.1 Å². The summed E-state index contributed by atoms with van der Waals surface area (Å²) in [4.78, 5) is 2.36. The fourth-order valence-corrected chi connectivity index (χ4v) is 2.79. The van der Waals surface area contributed by atoms with Gasteiger partial charge in [-0.25, -0.2) is 4.39 Å². The summed E-state index contributed by atoms with van der Waals surface area (Å²) in [7, 11) is 0. The lowest BCUT2D eigenvalue weighted by Crippen LogP contribution is -2.34. The minimum absolute atomic E-state index is 0.163. The molecule has 1 aliphatic rings. The van der Waals surface area contributed by atoms with Gasteiger partial charge in [0.05, 0.1) is 6.04 Å². The first kappa shape index (κ1) is 13.1. The van der Waals surface area contributed by atoms with E-state index in [0.717, 1.165) is 38.0 Å². The maximum Gasteiger partial charge on any atom is 0.145 e. The Hall–Kier alpha value is -1.88. The van der Waals surface area contributed by atoms with Crippen molar-refractivity contribution in [2.75, 3.05) is 18.8 Å². The molecule has 1 fully saturated rings. The minimum Gasteiger partial charge on any atom is -0.382 e. The van der Waals surface area contributed by atoms with Crippen LogP contribution in [0.3, 0.4) is 0 Å². The number of halogens is 1. The molecule has 3 rings (SSSR count). The van der Waals surface area contributed by atoms with Crippen LogP contribution in [0.1, 0.15) is 24.4 Å². The summed E-state index contributed by atoms with van der Waals surface area (Å²) in [6.45, 7) is 2.81. The van der Waals surface area contributed by atoms with Gasteiger partial charge in [-0.3, -0.25) is 9.58 Å². The van der Waals surface area contributed by atoms with Crippen LogP contribution in [-0.2, 0) is 6.54 Å². The standard InChI is InChI=1S/C15H19FN4/c16-13-3-1-2-12(10-13)11-19-7-4-14(5-8-19)20-9-6-15(17)18-20/h1-3,6,9-10,14H,4-5,7-8,11H2,(H2,17,18). The molecule has 0 atom stereocenters. The summed E-state index contributed by atoms with van der Waals surface area (Å²) in [5.74, 6) is 0.414. The molecule has 1 aromatic heterocycles. The van der Waals surface area contributed by atoms with Crippen molar-refractivity contribution in [2.24, 2.45) is 0 Å².